The molecule has 0 aromatic rings. The molecule has 4 nitrogen and oxygen atoms in total. The van der Waals surface area contributed by atoms with Crippen molar-refractivity contribution in [1.29, 1.82) is 0 Å². The highest BCUT2D eigenvalue weighted by molar-refractivity contribution is 5.85. The molecule has 94 valence electrons. The van der Waals surface area contributed by atoms with E-state index in [0.29, 0.717) is 12.5 Å². The van der Waals surface area contributed by atoms with Crippen molar-refractivity contribution in [2.75, 3.05) is 26.7 Å². The van der Waals surface area contributed by atoms with Crippen molar-refractivity contribution < 1.29 is 9.53 Å². The van der Waals surface area contributed by atoms with E-state index in [9.17, 15) is 4.79 Å². The minimum atomic E-state index is 0. The summed E-state index contributed by atoms with van der Waals surface area (Å²) in [4.78, 5) is 13.7. The Bertz CT molecular complexity index is 228. The van der Waals surface area contributed by atoms with Gasteiger partial charge in [0, 0.05) is 26.7 Å². The summed E-state index contributed by atoms with van der Waals surface area (Å²) < 4.78 is 5.57. The zero-order valence-corrected chi connectivity index (χ0v) is 10.6. The van der Waals surface area contributed by atoms with Crippen molar-refractivity contribution in [2.24, 2.45) is 0 Å². The first-order chi connectivity index (χ1) is 7.27. The van der Waals surface area contributed by atoms with Gasteiger partial charge in [0.1, 0.15) is 0 Å². The number of hydrogen-bond donors (Lipinski definition) is 1. The van der Waals surface area contributed by atoms with Gasteiger partial charge in [0.15, 0.2) is 0 Å². The second-order valence-corrected chi connectivity index (χ2v) is 4.51. The number of nitrogens with one attached hydrogen (secondary N) is 1. The van der Waals surface area contributed by atoms with Crippen LogP contribution in [0.4, 0.5) is 0 Å². The number of halogens is 1. The highest BCUT2D eigenvalue weighted by Crippen LogP contribution is 2.17. The molecule has 2 fully saturated rings. The molecule has 0 radical (unpaired) electrons. The number of ether oxygens (including phenoxy) is 1. The average Bonchev–Trinajstić information content (AvgIpc) is 2.16. The molecule has 0 spiro atoms. The topological polar surface area (TPSA) is 41.6 Å². The fourth-order valence-electron chi connectivity index (χ4n) is 2.06. The van der Waals surface area contributed by atoms with Gasteiger partial charge >= 0.3 is 0 Å². The number of carbonyl (C=O) groups excluding carboxylic acids is 1. The van der Waals surface area contributed by atoms with Crippen LogP contribution in [0.15, 0.2) is 0 Å². The Kier molecular flexibility index (Phi) is 5.52. The first-order valence-corrected chi connectivity index (χ1v) is 5.85. The lowest BCUT2D eigenvalue weighted by molar-refractivity contribution is -0.136. The maximum atomic E-state index is 11.9. The van der Waals surface area contributed by atoms with Crippen LogP contribution >= 0.6 is 12.4 Å². The van der Waals surface area contributed by atoms with Gasteiger partial charge in [0.05, 0.1) is 18.6 Å². The van der Waals surface area contributed by atoms with Gasteiger partial charge in [-0.25, -0.2) is 0 Å². The fourth-order valence-corrected chi connectivity index (χ4v) is 2.06. The Morgan fingerprint density at radius 3 is 2.69 bits per heavy atom. The molecular weight excluding hydrogens is 228 g/mol. The summed E-state index contributed by atoms with van der Waals surface area (Å²) in [7, 11) is 1.90. The van der Waals surface area contributed by atoms with E-state index in [1.54, 1.807) is 0 Å². The Labute approximate surface area is 103 Å². The summed E-state index contributed by atoms with van der Waals surface area (Å²) in [5.74, 6) is 0.230. The maximum absolute atomic E-state index is 11.9. The van der Waals surface area contributed by atoms with Crippen LogP contribution in [0.1, 0.15) is 25.7 Å². The Morgan fingerprint density at radius 1 is 1.44 bits per heavy atom. The number of hydrogen-bond acceptors (Lipinski definition) is 3. The molecule has 0 saturated carbocycles. The van der Waals surface area contributed by atoms with Crippen molar-refractivity contribution >= 4 is 18.3 Å². The van der Waals surface area contributed by atoms with E-state index in [2.05, 4.69) is 5.32 Å². The summed E-state index contributed by atoms with van der Waals surface area (Å²) in [6.45, 7) is 2.70. The lowest BCUT2D eigenvalue weighted by atomic mass is 10.0. The first-order valence-electron chi connectivity index (χ1n) is 5.85. The van der Waals surface area contributed by atoms with Crippen molar-refractivity contribution in [3.05, 3.63) is 0 Å². The highest BCUT2D eigenvalue weighted by atomic mass is 35.5. The maximum Gasteiger partial charge on any atom is 0.225 e. The van der Waals surface area contributed by atoms with Crippen LogP contribution in [-0.4, -0.2) is 49.7 Å². The van der Waals surface area contributed by atoms with Crippen molar-refractivity contribution in [3.8, 4) is 0 Å². The molecule has 1 unspecified atom stereocenters. The van der Waals surface area contributed by atoms with Crippen molar-refractivity contribution in [1.82, 2.24) is 10.2 Å². The number of nitrogens with zero attached hydrogens (tertiary/aromatic N) is 1. The molecule has 16 heavy (non-hydrogen) atoms. The summed E-state index contributed by atoms with van der Waals surface area (Å²) in [5, 5.41) is 3.18. The van der Waals surface area contributed by atoms with Gasteiger partial charge in [-0.05, 0) is 19.3 Å². The Balaban J connectivity index is 0.00000128. The third-order valence-electron chi connectivity index (χ3n) is 3.38. The number of likely N-dealkylation sites (N-methyl/N-ethyl adjacent to an activating group) is 1. The molecule has 1 atom stereocenters. The third kappa shape index (κ3) is 3.34. The molecule has 5 heteroatoms. The zero-order valence-electron chi connectivity index (χ0n) is 9.78. The van der Waals surface area contributed by atoms with Gasteiger partial charge in [-0.2, -0.15) is 0 Å². The van der Waals surface area contributed by atoms with E-state index in [1.807, 2.05) is 11.9 Å². The van der Waals surface area contributed by atoms with Crippen LogP contribution in [0.3, 0.4) is 0 Å². The van der Waals surface area contributed by atoms with E-state index in [0.717, 1.165) is 32.5 Å². The monoisotopic (exact) mass is 248 g/mol. The zero-order chi connectivity index (χ0) is 10.7. The van der Waals surface area contributed by atoms with E-state index in [4.69, 9.17) is 4.74 Å². The molecule has 1 amide bonds. The highest BCUT2D eigenvalue weighted by Gasteiger charge is 2.27. The average molecular weight is 249 g/mol. The number of amides is 1. The van der Waals surface area contributed by atoms with Crippen LogP contribution in [-0.2, 0) is 9.53 Å². The Morgan fingerprint density at radius 2 is 2.19 bits per heavy atom. The predicted octanol–water partition coefficient (Wildman–Crippen LogP) is 0.798. The van der Waals surface area contributed by atoms with Crippen molar-refractivity contribution in [2.45, 2.75) is 37.8 Å². The van der Waals surface area contributed by atoms with Gasteiger partial charge in [-0.15, -0.1) is 12.4 Å². The summed E-state index contributed by atoms with van der Waals surface area (Å²) >= 11 is 0. The standard InChI is InChI=1S/C11H20N2O2.ClH/c1-13(9-7-12-8-9)11(14)6-10-4-2-3-5-15-10;/h9-10,12H,2-8H2,1H3;1H. The SMILES string of the molecule is CN(C(=O)CC1CCCCO1)C1CNC1.Cl. The van der Waals surface area contributed by atoms with Crippen LogP contribution in [0, 0.1) is 0 Å². The van der Waals surface area contributed by atoms with E-state index in [1.165, 1.54) is 6.42 Å². The van der Waals surface area contributed by atoms with Crippen LogP contribution in [0.5, 0.6) is 0 Å². The molecule has 0 aromatic heterocycles. The quantitative estimate of drug-likeness (QED) is 0.803. The number of rotatable bonds is 3. The minimum absolute atomic E-state index is 0. The van der Waals surface area contributed by atoms with E-state index < -0.39 is 0 Å². The van der Waals surface area contributed by atoms with Gasteiger partial charge in [-0.3, -0.25) is 4.79 Å². The lowest BCUT2D eigenvalue weighted by Gasteiger charge is -2.36. The fraction of sp³-hybridized carbons (Fsp3) is 0.909. The second-order valence-electron chi connectivity index (χ2n) is 4.51. The molecule has 2 heterocycles. The first kappa shape index (κ1) is 13.7. The largest absolute Gasteiger partial charge is 0.378 e. The molecule has 0 aliphatic carbocycles. The molecule has 2 rings (SSSR count). The smallest absolute Gasteiger partial charge is 0.225 e. The van der Waals surface area contributed by atoms with E-state index >= 15 is 0 Å². The Hall–Kier alpha value is -0.320. The van der Waals surface area contributed by atoms with Gasteiger partial charge in [0.25, 0.3) is 0 Å². The lowest BCUT2D eigenvalue weighted by Crippen LogP contribution is -2.57. The molecule has 1 N–H and O–H groups in total. The van der Waals surface area contributed by atoms with Crippen molar-refractivity contribution in [3.63, 3.8) is 0 Å². The summed E-state index contributed by atoms with van der Waals surface area (Å²) in [6.07, 6.45) is 4.12. The van der Waals surface area contributed by atoms with Gasteiger partial charge in [-0.1, -0.05) is 0 Å². The third-order valence-corrected chi connectivity index (χ3v) is 3.38. The molecule has 0 bridgehead atoms. The normalized spacial score (nSPS) is 25.4. The van der Waals surface area contributed by atoms with Gasteiger partial charge in [0.2, 0.25) is 5.91 Å². The predicted molar refractivity (Wildman–Crippen MR) is 64.9 cm³/mol. The summed E-state index contributed by atoms with van der Waals surface area (Å²) in [6, 6.07) is 0.404. The summed E-state index contributed by atoms with van der Waals surface area (Å²) in [5.41, 5.74) is 0. The van der Waals surface area contributed by atoms with E-state index in [-0.39, 0.29) is 24.4 Å². The molecule has 2 aliphatic heterocycles. The molecule has 0 aromatic carbocycles. The van der Waals surface area contributed by atoms with Crippen LogP contribution in [0.2, 0.25) is 0 Å². The molecule has 2 saturated heterocycles. The van der Waals surface area contributed by atoms with Crippen LogP contribution in [0.25, 0.3) is 0 Å². The van der Waals surface area contributed by atoms with Gasteiger partial charge < -0.3 is 15.0 Å². The minimum Gasteiger partial charge on any atom is -0.378 e. The van der Waals surface area contributed by atoms with Crippen LogP contribution < -0.4 is 5.32 Å². The second kappa shape index (κ2) is 6.42. The molecule has 2 aliphatic rings. The molecular formula is C11H21ClN2O2. The number of carbonyl (C=O) groups is 1.